The Bertz CT molecular complexity index is 294. The average Bonchev–Trinajstić information content (AvgIpc) is 2.02. The Morgan fingerprint density at radius 3 is 2.40 bits per heavy atom. The molecule has 15 heavy (non-hydrogen) atoms. The normalized spacial score (nSPS) is 44.7. The Labute approximate surface area is 93.5 Å². The molecule has 0 spiro atoms. The Hall–Kier alpha value is -0.300. The minimum absolute atomic E-state index is 0.700. The van der Waals surface area contributed by atoms with Gasteiger partial charge in [0.15, 0.2) is 0 Å². The summed E-state index contributed by atoms with van der Waals surface area (Å²) >= 11 is 0. The van der Waals surface area contributed by atoms with Crippen molar-refractivity contribution in [2.75, 3.05) is 20.1 Å². The lowest BCUT2D eigenvalue weighted by Gasteiger charge is -2.74. The van der Waals surface area contributed by atoms with Gasteiger partial charge >= 0.3 is 0 Å². The highest BCUT2D eigenvalue weighted by atomic mass is 15.1. The van der Waals surface area contributed by atoms with Gasteiger partial charge in [-0.3, -0.25) is 0 Å². The number of rotatable bonds is 2. The maximum Gasteiger partial charge on any atom is 0.0163 e. The number of nitrogens with zero attached hydrogens (tertiary/aromatic N) is 1. The highest BCUT2D eigenvalue weighted by molar-refractivity contribution is 5.33. The lowest BCUT2D eigenvalue weighted by molar-refractivity contribution is -0.207. The molecule has 1 aliphatic heterocycles. The van der Waals surface area contributed by atoms with E-state index in [0.717, 1.165) is 11.3 Å². The molecular formula is C14H23N. The van der Waals surface area contributed by atoms with Gasteiger partial charge < -0.3 is 4.90 Å². The molecule has 1 heterocycles. The molecule has 1 heteroatoms. The van der Waals surface area contributed by atoms with Gasteiger partial charge in [0.2, 0.25) is 0 Å². The maximum absolute atomic E-state index is 2.52. The van der Waals surface area contributed by atoms with E-state index in [1.165, 1.54) is 38.8 Å². The van der Waals surface area contributed by atoms with Crippen LogP contribution in [-0.4, -0.2) is 25.0 Å². The fourth-order valence-corrected chi connectivity index (χ4v) is 4.07. The smallest absolute Gasteiger partial charge is 0.0163 e. The molecule has 0 saturated heterocycles. The molecule has 0 aromatic heterocycles. The van der Waals surface area contributed by atoms with Crippen LogP contribution in [0.15, 0.2) is 11.6 Å². The largest absolute Gasteiger partial charge is 0.302 e. The van der Waals surface area contributed by atoms with Crippen molar-refractivity contribution in [3.05, 3.63) is 11.6 Å². The first-order valence-electron chi connectivity index (χ1n) is 6.44. The van der Waals surface area contributed by atoms with E-state index in [-0.39, 0.29) is 0 Å². The van der Waals surface area contributed by atoms with E-state index in [2.05, 4.69) is 31.9 Å². The van der Waals surface area contributed by atoms with Crippen LogP contribution in [0.4, 0.5) is 0 Å². The molecular weight excluding hydrogens is 182 g/mol. The van der Waals surface area contributed by atoms with Crippen molar-refractivity contribution in [3.8, 4) is 0 Å². The summed E-state index contributed by atoms with van der Waals surface area (Å²) < 4.78 is 0. The van der Waals surface area contributed by atoms with Gasteiger partial charge in [-0.15, -0.1) is 0 Å². The van der Waals surface area contributed by atoms with Crippen molar-refractivity contribution in [1.82, 2.24) is 4.90 Å². The lowest BCUT2D eigenvalue weighted by Crippen LogP contribution is -2.65. The van der Waals surface area contributed by atoms with Crippen LogP contribution in [0.2, 0.25) is 0 Å². The lowest BCUT2D eigenvalue weighted by atomic mass is 9.30. The van der Waals surface area contributed by atoms with Crippen LogP contribution in [0.25, 0.3) is 0 Å². The van der Waals surface area contributed by atoms with Gasteiger partial charge in [-0.25, -0.2) is 0 Å². The summed E-state index contributed by atoms with van der Waals surface area (Å²) in [6.07, 6.45) is 8.38. The number of hydrogen-bond acceptors (Lipinski definition) is 1. The van der Waals surface area contributed by atoms with E-state index in [9.17, 15) is 0 Å². The van der Waals surface area contributed by atoms with Crippen LogP contribution in [0.1, 0.15) is 39.5 Å². The van der Waals surface area contributed by atoms with Crippen LogP contribution >= 0.6 is 0 Å². The fraction of sp³-hybridized carbons (Fsp3) is 0.857. The third-order valence-electron chi connectivity index (χ3n) is 5.39. The van der Waals surface area contributed by atoms with Crippen LogP contribution < -0.4 is 0 Å². The Morgan fingerprint density at radius 1 is 1.27 bits per heavy atom. The molecule has 0 atom stereocenters. The van der Waals surface area contributed by atoms with Crippen LogP contribution in [0.3, 0.4) is 0 Å². The summed E-state index contributed by atoms with van der Waals surface area (Å²) in [7, 11) is 2.23. The Morgan fingerprint density at radius 2 is 1.93 bits per heavy atom. The molecule has 2 bridgehead atoms. The molecule has 0 radical (unpaired) electrons. The molecule has 0 N–H and O–H groups in total. The summed E-state index contributed by atoms with van der Waals surface area (Å²) in [5.41, 5.74) is 3.28. The standard InChI is InChI=1S/C14H23N/c1-11(2)13-8-14(9-13,10-13)12-4-6-15(3)7-5-12/h4,11H,5-10H2,1-3H3. The highest BCUT2D eigenvalue weighted by Gasteiger charge is 2.69. The quantitative estimate of drug-likeness (QED) is 0.626. The van der Waals surface area contributed by atoms with Crippen LogP contribution in [0, 0.1) is 16.7 Å². The van der Waals surface area contributed by atoms with Crippen LogP contribution in [-0.2, 0) is 0 Å². The third-order valence-corrected chi connectivity index (χ3v) is 5.39. The minimum Gasteiger partial charge on any atom is -0.302 e. The predicted octanol–water partition coefficient (Wildman–Crippen LogP) is 3.07. The van der Waals surface area contributed by atoms with Crippen molar-refractivity contribution >= 4 is 0 Å². The first kappa shape index (κ1) is 9.89. The first-order valence-corrected chi connectivity index (χ1v) is 6.44. The minimum atomic E-state index is 0.700. The van der Waals surface area contributed by atoms with Crippen LogP contribution in [0.5, 0.6) is 0 Å². The first-order chi connectivity index (χ1) is 7.06. The van der Waals surface area contributed by atoms with Crippen molar-refractivity contribution in [2.45, 2.75) is 39.5 Å². The van der Waals surface area contributed by atoms with Crippen molar-refractivity contribution < 1.29 is 0 Å². The molecule has 84 valence electrons. The molecule has 4 aliphatic rings. The Balaban J connectivity index is 1.69. The zero-order valence-electron chi connectivity index (χ0n) is 10.3. The fourth-order valence-electron chi connectivity index (χ4n) is 4.07. The van der Waals surface area contributed by atoms with Crippen molar-refractivity contribution in [1.29, 1.82) is 0 Å². The zero-order valence-corrected chi connectivity index (χ0v) is 10.3. The van der Waals surface area contributed by atoms with E-state index < -0.39 is 0 Å². The second-order valence-corrected chi connectivity index (χ2v) is 6.57. The van der Waals surface area contributed by atoms with E-state index in [1.54, 1.807) is 0 Å². The molecule has 0 amide bonds. The van der Waals surface area contributed by atoms with Gasteiger partial charge in [-0.05, 0) is 49.5 Å². The second-order valence-electron chi connectivity index (χ2n) is 6.57. The van der Waals surface area contributed by atoms with E-state index in [1.807, 2.05) is 5.57 Å². The number of likely N-dealkylation sites (N-methyl/N-ethyl adjacent to an activating group) is 1. The van der Waals surface area contributed by atoms with E-state index in [4.69, 9.17) is 0 Å². The van der Waals surface area contributed by atoms with Gasteiger partial charge in [-0.1, -0.05) is 25.5 Å². The van der Waals surface area contributed by atoms with E-state index >= 15 is 0 Å². The summed E-state index contributed by atoms with van der Waals surface area (Å²) in [6.45, 7) is 7.28. The van der Waals surface area contributed by atoms with E-state index in [0.29, 0.717) is 5.41 Å². The average molecular weight is 205 g/mol. The zero-order chi connectivity index (χ0) is 10.7. The summed E-state index contributed by atoms with van der Waals surface area (Å²) in [6, 6.07) is 0. The second kappa shape index (κ2) is 2.88. The maximum atomic E-state index is 2.52. The summed E-state index contributed by atoms with van der Waals surface area (Å²) in [5, 5.41) is 0. The molecule has 0 unspecified atom stereocenters. The SMILES string of the molecule is CC(C)C12CC(C3=CCN(C)CC3)(C1)C2. The van der Waals surface area contributed by atoms with Crippen molar-refractivity contribution in [3.63, 3.8) is 0 Å². The van der Waals surface area contributed by atoms with Gasteiger partial charge in [0, 0.05) is 13.1 Å². The van der Waals surface area contributed by atoms with Gasteiger partial charge in [0.25, 0.3) is 0 Å². The van der Waals surface area contributed by atoms with Gasteiger partial charge in [0.05, 0.1) is 0 Å². The molecule has 3 fully saturated rings. The van der Waals surface area contributed by atoms with Gasteiger partial charge in [-0.2, -0.15) is 0 Å². The third kappa shape index (κ3) is 1.19. The molecule has 3 aliphatic carbocycles. The monoisotopic (exact) mass is 205 g/mol. The highest BCUT2D eigenvalue weighted by Crippen LogP contribution is 2.79. The Kier molecular flexibility index (Phi) is 1.90. The molecule has 3 saturated carbocycles. The van der Waals surface area contributed by atoms with Crippen molar-refractivity contribution in [2.24, 2.45) is 16.7 Å². The number of hydrogen-bond donors (Lipinski definition) is 0. The predicted molar refractivity (Wildman–Crippen MR) is 63.8 cm³/mol. The molecule has 1 nitrogen and oxygen atoms in total. The van der Waals surface area contributed by atoms with Gasteiger partial charge in [0.1, 0.15) is 0 Å². The topological polar surface area (TPSA) is 3.24 Å². The summed E-state index contributed by atoms with van der Waals surface area (Å²) in [4.78, 5) is 2.42. The molecule has 0 aromatic carbocycles. The molecule has 4 rings (SSSR count). The molecule has 0 aromatic rings. The summed E-state index contributed by atoms with van der Waals surface area (Å²) in [5.74, 6) is 0.909.